The molecular weight excluding hydrogens is 304 g/mol. The molecule has 0 aromatic heterocycles. The highest BCUT2D eigenvalue weighted by molar-refractivity contribution is 7.89. The van der Waals surface area contributed by atoms with Gasteiger partial charge in [-0.25, -0.2) is 8.42 Å². The van der Waals surface area contributed by atoms with Gasteiger partial charge in [0.05, 0.1) is 11.4 Å². The van der Waals surface area contributed by atoms with Crippen molar-refractivity contribution in [2.75, 3.05) is 26.3 Å². The molecule has 0 atom stereocenters. The van der Waals surface area contributed by atoms with E-state index in [1.807, 2.05) is 6.92 Å². The van der Waals surface area contributed by atoms with E-state index in [0.717, 1.165) is 0 Å². The molecule has 1 aromatic carbocycles. The third-order valence-corrected chi connectivity index (χ3v) is 4.12. The van der Waals surface area contributed by atoms with Gasteiger partial charge in [-0.1, -0.05) is 12.0 Å². The number of hydrogen-bond acceptors (Lipinski definition) is 4. The fraction of sp³-hybridized carbons (Fsp3) is 0.400. The lowest BCUT2D eigenvalue weighted by Gasteiger charge is -2.08. The van der Waals surface area contributed by atoms with Gasteiger partial charge in [0.1, 0.15) is 0 Å². The lowest BCUT2D eigenvalue weighted by Crippen LogP contribution is -2.27. The maximum Gasteiger partial charge on any atom is 0.251 e. The number of hydrogen-bond donors (Lipinski definition) is 2. The minimum atomic E-state index is -3.70. The molecule has 0 bridgehead atoms. The van der Waals surface area contributed by atoms with E-state index in [4.69, 9.17) is 11.2 Å². The van der Waals surface area contributed by atoms with Crippen LogP contribution in [0.25, 0.3) is 0 Å². The Bertz CT molecular complexity index is 635. The fourth-order valence-corrected chi connectivity index (χ4v) is 2.63. The molecule has 0 unspecified atom stereocenters. The van der Waals surface area contributed by atoms with Gasteiger partial charge in [0.2, 0.25) is 10.0 Å². The molecule has 1 rings (SSSR count). The Morgan fingerprint density at radius 2 is 2.18 bits per heavy atom. The molecule has 0 aliphatic carbocycles. The molecule has 0 saturated carbocycles. The summed E-state index contributed by atoms with van der Waals surface area (Å²) >= 11 is 0. The largest absolute Gasteiger partial charge is 0.382 e. The van der Waals surface area contributed by atoms with E-state index >= 15 is 0 Å². The normalized spacial score (nSPS) is 10.9. The molecule has 0 heterocycles. The van der Waals surface area contributed by atoms with E-state index in [1.54, 1.807) is 6.07 Å². The highest BCUT2D eigenvalue weighted by atomic mass is 32.2. The molecule has 0 aliphatic rings. The standard InChI is InChI=1S/C15H20N2O4S/c1-3-9-17-22(19,20)14-8-5-7-13(12-14)15(18)16-10-6-11-21-4-2/h1,5,7-8,12,17H,4,6,9-11H2,2H3,(H,16,18). The van der Waals surface area contributed by atoms with Crippen molar-refractivity contribution in [2.24, 2.45) is 0 Å². The van der Waals surface area contributed by atoms with E-state index in [-0.39, 0.29) is 22.9 Å². The van der Waals surface area contributed by atoms with Crippen LogP contribution in [-0.2, 0) is 14.8 Å². The van der Waals surface area contributed by atoms with Gasteiger partial charge in [0, 0.05) is 25.3 Å². The predicted molar refractivity (Wildman–Crippen MR) is 83.9 cm³/mol. The van der Waals surface area contributed by atoms with Gasteiger partial charge in [0.25, 0.3) is 5.91 Å². The fourth-order valence-electron chi connectivity index (χ4n) is 1.65. The Labute approximate surface area is 131 Å². The smallest absolute Gasteiger partial charge is 0.251 e. The number of nitrogens with one attached hydrogen (secondary N) is 2. The lowest BCUT2D eigenvalue weighted by atomic mass is 10.2. The average Bonchev–Trinajstić information content (AvgIpc) is 2.52. The first kappa shape index (κ1) is 18.2. The average molecular weight is 324 g/mol. The summed E-state index contributed by atoms with van der Waals surface area (Å²) in [6.45, 7) is 3.47. The molecule has 1 amide bonds. The van der Waals surface area contributed by atoms with Crippen LogP contribution in [0.15, 0.2) is 29.2 Å². The van der Waals surface area contributed by atoms with Crippen molar-refractivity contribution in [1.82, 2.24) is 10.0 Å². The van der Waals surface area contributed by atoms with Crippen molar-refractivity contribution >= 4 is 15.9 Å². The van der Waals surface area contributed by atoms with Crippen molar-refractivity contribution in [2.45, 2.75) is 18.2 Å². The van der Waals surface area contributed by atoms with Gasteiger partial charge < -0.3 is 10.1 Å². The van der Waals surface area contributed by atoms with E-state index in [2.05, 4.69) is 16.0 Å². The third kappa shape index (κ3) is 5.85. The quantitative estimate of drug-likeness (QED) is 0.519. The molecule has 120 valence electrons. The summed E-state index contributed by atoms with van der Waals surface area (Å²) in [5.41, 5.74) is 0.278. The van der Waals surface area contributed by atoms with E-state index < -0.39 is 10.0 Å². The van der Waals surface area contributed by atoms with Gasteiger partial charge >= 0.3 is 0 Å². The number of amides is 1. The number of carbonyl (C=O) groups excluding carboxylic acids is 1. The number of benzene rings is 1. The van der Waals surface area contributed by atoms with Crippen LogP contribution in [0.1, 0.15) is 23.7 Å². The number of ether oxygens (including phenoxy) is 1. The van der Waals surface area contributed by atoms with Crippen molar-refractivity contribution in [3.05, 3.63) is 29.8 Å². The van der Waals surface area contributed by atoms with Crippen LogP contribution in [0.4, 0.5) is 0 Å². The van der Waals surface area contributed by atoms with E-state index in [1.165, 1.54) is 18.2 Å². The SMILES string of the molecule is C#CCNS(=O)(=O)c1cccc(C(=O)NCCCOCC)c1. The summed E-state index contributed by atoms with van der Waals surface area (Å²) in [5, 5.41) is 2.71. The topological polar surface area (TPSA) is 84.5 Å². The summed E-state index contributed by atoms with van der Waals surface area (Å²) < 4.78 is 31.3. The first-order chi connectivity index (χ1) is 10.5. The van der Waals surface area contributed by atoms with Gasteiger partial charge in [-0.2, -0.15) is 4.72 Å². The molecule has 0 fully saturated rings. The van der Waals surface area contributed by atoms with Crippen LogP contribution in [0.2, 0.25) is 0 Å². The Balaban J connectivity index is 2.67. The summed E-state index contributed by atoms with van der Waals surface area (Å²) in [4.78, 5) is 12.0. The Hall–Kier alpha value is -1.88. The Morgan fingerprint density at radius 1 is 1.41 bits per heavy atom. The van der Waals surface area contributed by atoms with Crippen LogP contribution < -0.4 is 10.0 Å². The second kappa shape index (κ2) is 9.20. The number of carbonyl (C=O) groups is 1. The molecule has 0 spiro atoms. The van der Waals surface area contributed by atoms with Crippen molar-refractivity contribution in [3.8, 4) is 12.3 Å². The molecule has 6 nitrogen and oxygen atoms in total. The van der Waals surface area contributed by atoms with Crippen LogP contribution in [0, 0.1) is 12.3 Å². The second-order valence-corrected chi connectivity index (χ2v) is 6.13. The zero-order valence-electron chi connectivity index (χ0n) is 12.5. The van der Waals surface area contributed by atoms with Gasteiger partial charge in [0.15, 0.2) is 0 Å². The van der Waals surface area contributed by atoms with Gasteiger partial charge in [-0.15, -0.1) is 6.42 Å². The monoisotopic (exact) mass is 324 g/mol. The number of terminal acetylenes is 1. The summed E-state index contributed by atoms with van der Waals surface area (Å²) in [5.74, 6) is 1.87. The van der Waals surface area contributed by atoms with E-state index in [0.29, 0.717) is 26.2 Å². The molecule has 7 heteroatoms. The number of rotatable bonds is 9. The van der Waals surface area contributed by atoms with Crippen LogP contribution in [0.3, 0.4) is 0 Å². The molecule has 1 aromatic rings. The molecule has 0 aliphatic heterocycles. The van der Waals surface area contributed by atoms with Crippen molar-refractivity contribution in [3.63, 3.8) is 0 Å². The van der Waals surface area contributed by atoms with Crippen LogP contribution in [-0.4, -0.2) is 40.6 Å². The zero-order valence-corrected chi connectivity index (χ0v) is 13.3. The summed E-state index contributed by atoms with van der Waals surface area (Å²) in [7, 11) is -3.70. The first-order valence-corrected chi connectivity index (χ1v) is 8.38. The lowest BCUT2D eigenvalue weighted by molar-refractivity contribution is 0.0944. The minimum absolute atomic E-state index is 0.00437. The molecule has 2 N–H and O–H groups in total. The number of sulfonamides is 1. The summed E-state index contributed by atoms with van der Waals surface area (Å²) in [6.07, 6.45) is 5.73. The van der Waals surface area contributed by atoms with E-state index in [9.17, 15) is 13.2 Å². The van der Waals surface area contributed by atoms with Crippen LogP contribution >= 0.6 is 0 Å². The van der Waals surface area contributed by atoms with Gasteiger partial charge in [-0.3, -0.25) is 4.79 Å². The molecular formula is C15H20N2O4S. The molecule has 0 saturated heterocycles. The van der Waals surface area contributed by atoms with Crippen molar-refractivity contribution in [1.29, 1.82) is 0 Å². The molecule has 0 radical (unpaired) electrons. The predicted octanol–water partition coefficient (Wildman–Crippen LogP) is 0.754. The maximum atomic E-state index is 12.0. The van der Waals surface area contributed by atoms with Gasteiger partial charge in [-0.05, 0) is 31.5 Å². The Kier molecular flexibility index (Phi) is 7.60. The molecule has 22 heavy (non-hydrogen) atoms. The summed E-state index contributed by atoms with van der Waals surface area (Å²) in [6, 6.07) is 5.79. The zero-order chi connectivity index (χ0) is 16.4. The second-order valence-electron chi connectivity index (χ2n) is 4.36. The minimum Gasteiger partial charge on any atom is -0.382 e. The first-order valence-electron chi connectivity index (χ1n) is 6.90. The van der Waals surface area contributed by atoms with Crippen LogP contribution in [0.5, 0.6) is 0 Å². The highest BCUT2D eigenvalue weighted by Crippen LogP contribution is 2.11. The van der Waals surface area contributed by atoms with Crippen molar-refractivity contribution < 1.29 is 17.9 Å². The Morgan fingerprint density at radius 3 is 2.86 bits per heavy atom. The highest BCUT2D eigenvalue weighted by Gasteiger charge is 2.15. The third-order valence-electron chi connectivity index (χ3n) is 2.73. The maximum absolute atomic E-state index is 12.0.